The third-order valence-corrected chi connectivity index (χ3v) is 3.55. The van der Waals surface area contributed by atoms with Crippen LogP contribution in [0.4, 0.5) is 14.5 Å². The number of halogens is 3. The third kappa shape index (κ3) is 1.69. The van der Waals surface area contributed by atoms with E-state index in [0.717, 1.165) is 24.6 Å². The van der Waals surface area contributed by atoms with Gasteiger partial charge in [0.05, 0.1) is 9.86 Å². The summed E-state index contributed by atoms with van der Waals surface area (Å²) in [6.07, 6.45) is 2.08. The van der Waals surface area contributed by atoms with Gasteiger partial charge >= 0.3 is 0 Å². The number of hydrogen-bond acceptors (Lipinski definition) is 2. The fourth-order valence-electron chi connectivity index (χ4n) is 1.94. The standard InChI is InChI=1S/C12H9BrF2N2/c13-6-3-7(14)12-10(11(6)15)8(16)4-9(17-12)5-1-2-5/h3-5H,1-2H2,(H2,16,17). The van der Waals surface area contributed by atoms with Gasteiger partial charge in [-0.15, -0.1) is 0 Å². The summed E-state index contributed by atoms with van der Waals surface area (Å²) < 4.78 is 27.7. The van der Waals surface area contributed by atoms with Crippen LogP contribution in [0.25, 0.3) is 10.9 Å². The van der Waals surface area contributed by atoms with Gasteiger partial charge in [-0.2, -0.15) is 0 Å². The summed E-state index contributed by atoms with van der Waals surface area (Å²) in [6, 6.07) is 2.73. The average molecular weight is 299 g/mol. The lowest BCUT2D eigenvalue weighted by Gasteiger charge is -2.08. The molecule has 1 aromatic heterocycles. The molecule has 1 aliphatic carbocycles. The quantitative estimate of drug-likeness (QED) is 0.815. The van der Waals surface area contributed by atoms with Crippen LogP contribution in [0.3, 0.4) is 0 Å². The zero-order valence-electron chi connectivity index (χ0n) is 8.80. The lowest BCUT2D eigenvalue weighted by atomic mass is 10.1. The predicted octanol–water partition coefficient (Wildman–Crippen LogP) is 3.74. The molecule has 3 rings (SSSR count). The minimum absolute atomic E-state index is 0.0209. The molecule has 0 radical (unpaired) electrons. The second kappa shape index (κ2) is 3.63. The van der Waals surface area contributed by atoms with Gasteiger partial charge in [0.25, 0.3) is 0 Å². The largest absolute Gasteiger partial charge is 0.398 e. The molecule has 88 valence electrons. The number of nitrogens with zero attached hydrogens (tertiary/aromatic N) is 1. The first-order valence-corrected chi connectivity index (χ1v) is 6.11. The molecule has 0 spiro atoms. The molecule has 0 amide bonds. The van der Waals surface area contributed by atoms with Crippen LogP contribution in [0, 0.1) is 11.6 Å². The molecule has 1 saturated carbocycles. The van der Waals surface area contributed by atoms with Crippen molar-refractivity contribution in [3.05, 3.63) is 33.9 Å². The van der Waals surface area contributed by atoms with Crippen molar-refractivity contribution in [2.75, 3.05) is 5.73 Å². The van der Waals surface area contributed by atoms with Gasteiger partial charge in [0.1, 0.15) is 11.3 Å². The number of aromatic nitrogens is 1. The summed E-state index contributed by atoms with van der Waals surface area (Å²) in [7, 11) is 0. The molecule has 5 heteroatoms. The van der Waals surface area contributed by atoms with Gasteiger partial charge in [0.2, 0.25) is 0 Å². The van der Waals surface area contributed by atoms with E-state index in [1.165, 1.54) is 0 Å². The Kier molecular flexibility index (Phi) is 2.33. The molecule has 2 nitrogen and oxygen atoms in total. The van der Waals surface area contributed by atoms with E-state index in [1.54, 1.807) is 6.07 Å². The van der Waals surface area contributed by atoms with E-state index < -0.39 is 11.6 Å². The van der Waals surface area contributed by atoms with Crippen LogP contribution in [0.5, 0.6) is 0 Å². The van der Waals surface area contributed by atoms with Crippen molar-refractivity contribution in [2.24, 2.45) is 0 Å². The van der Waals surface area contributed by atoms with E-state index in [9.17, 15) is 8.78 Å². The number of pyridine rings is 1. The van der Waals surface area contributed by atoms with Gasteiger partial charge in [-0.1, -0.05) is 0 Å². The third-order valence-electron chi connectivity index (χ3n) is 2.97. The molecule has 1 heterocycles. The van der Waals surface area contributed by atoms with Crippen LogP contribution in [0.15, 0.2) is 16.6 Å². The first-order valence-electron chi connectivity index (χ1n) is 5.31. The maximum atomic E-state index is 13.9. The van der Waals surface area contributed by atoms with Crippen LogP contribution in [0.1, 0.15) is 24.5 Å². The number of anilines is 1. The lowest BCUT2D eigenvalue weighted by molar-refractivity contribution is 0.609. The molecule has 2 aromatic rings. The first kappa shape index (κ1) is 10.9. The van der Waals surface area contributed by atoms with Crippen molar-refractivity contribution in [3.63, 3.8) is 0 Å². The van der Waals surface area contributed by atoms with Crippen molar-refractivity contribution in [3.8, 4) is 0 Å². The van der Waals surface area contributed by atoms with Crippen LogP contribution in [0.2, 0.25) is 0 Å². The zero-order valence-corrected chi connectivity index (χ0v) is 10.4. The van der Waals surface area contributed by atoms with Gasteiger partial charge in [0, 0.05) is 17.3 Å². The highest BCUT2D eigenvalue weighted by atomic mass is 79.9. The molecule has 0 bridgehead atoms. The van der Waals surface area contributed by atoms with Gasteiger partial charge in [-0.05, 0) is 40.9 Å². The number of nitrogen functional groups attached to an aromatic ring is 1. The molecule has 1 aliphatic rings. The fraction of sp³-hybridized carbons (Fsp3) is 0.250. The lowest BCUT2D eigenvalue weighted by Crippen LogP contribution is -1.99. The Morgan fingerprint density at radius 2 is 2.00 bits per heavy atom. The Hall–Kier alpha value is -1.23. The summed E-state index contributed by atoms with van der Waals surface area (Å²) in [4.78, 5) is 4.18. The summed E-state index contributed by atoms with van der Waals surface area (Å²) in [5.74, 6) is -0.760. The summed E-state index contributed by atoms with van der Waals surface area (Å²) >= 11 is 2.96. The Morgan fingerprint density at radius 3 is 2.65 bits per heavy atom. The van der Waals surface area contributed by atoms with E-state index in [-0.39, 0.29) is 21.1 Å². The number of nitrogens with two attached hydrogens (primary N) is 1. The number of benzene rings is 1. The number of hydrogen-bond donors (Lipinski definition) is 1. The highest BCUT2D eigenvalue weighted by Crippen LogP contribution is 2.41. The maximum absolute atomic E-state index is 13.9. The summed E-state index contributed by atoms with van der Waals surface area (Å²) in [5.41, 5.74) is 6.82. The molecule has 17 heavy (non-hydrogen) atoms. The van der Waals surface area contributed by atoms with Crippen LogP contribution < -0.4 is 5.73 Å². The van der Waals surface area contributed by atoms with E-state index in [1.807, 2.05) is 0 Å². The Balaban J connectivity index is 2.38. The Labute approximate surface area is 105 Å². The SMILES string of the molecule is Nc1cc(C2CC2)nc2c(F)cc(Br)c(F)c12. The zero-order chi connectivity index (χ0) is 12.2. The van der Waals surface area contributed by atoms with Crippen molar-refractivity contribution in [1.82, 2.24) is 4.98 Å². The van der Waals surface area contributed by atoms with Crippen molar-refractivity contribution >= 4 is 32.5 Å². The van der Waals surface area contributed by atoms with E-state index >= 15 is 0 Å². The van der Waals surface area contributed by atoms with Gasteiger partial charge in [-0.25, -0.2) is 13.8 Å². The van der Waals surface area contributed by atoms with Crippen LogP contribution in [-0.4, -0.2) is 4.98 Å². The highest BCUT2D eigenvalue weighted by Gasteiger charge is 2.27. The molecular weight excluding hydrogens is 290 g/mol. The molecule has 0 saturated heterocycles. The second-order valence-corrected chi connectivity index (χ2v) is 5.14. The first-order chi connectivity index (χ1) is 8.08. The molecular formula is C12H9BrF2N2. The van der Waals surface area contributed by atoms with Gasteiger partial charge in [-0.3, -0.25) is 0 Å². The molecule has 0 atom stereocenters. The second-order valence-electron chi connectivity index (χ2n) is 4.29. The fourth-order valence-corrected chi connectivity index (χ4v) is 2.34. The van der Waals surface area contributed by atoms with Crippen molar-refractivity contribution in [2.45, 2.75) is 18.8 Å². The minimum atomic E-state index is -0.561. The molecule has 1 fully saturated rings. The van der Waals surface area contributed by atoms with E-state index in [2.05, 4.69) is 20.9 Å². The molecule has 2 N–H and O–H groups in total. The number of rotatable bonds is 1. The number of fused-ring (bicyclic) bond motifs is 1. The monoisotopic (exact) mass is 298 g/mol. The smallest absolute Gasteiger partial charge is 0.150 e. The Bertz CT molecular complexity index is 624. The van der Waals surface area contributed by atoms with E-state index in [4.69, 9.17) is 5.73 Å². The normalized spacial score (nSPS) is 15.5. The summed E-state index contributed by atoms with van der Waals surface area (Å²) in [5, 5.41) is 0.0567. The van der Waals surface area contributed by atoms with Crippen molar-refractivity contribution in [1.29, 1.82) is 0 Å². The van der Waals surface area contributed by atoms with E-state index in [0.29, 0.717) is 5.92 Å². The van der Waals surface area contributed by atoms with Gasteiger partial charge in [0.15, 0.2) is 5.82 Å². The van der Waals surface area contributed by atoms with Crippen LogP contribution >= 0.6 is 15.9 Å². The minimum Gasteiger partial charge on any atom is -0.398 e. The van der Waals surface area contributed by atoms with Crippen molar-refractivity contribution < 1.29 is 8.78 Å². The molecule has 1 aromatic carbocycles. The van der Waals surface area contributed by atoms with Crippen LogP contribution in [-0.2, 0) is 0 Å². The predicted molar refractivity (Wildman–Crippen MR) is 65.7 cm³/mol. The topological polar surface area (TPSA) is 38.9 Å². The van der Waals surface area contributed by atoms with Gasteiger partial charge < -0.3 is 5.73 Å². The molecule has 0 unspecified atom stereocenters. The highest BCUT2D eigenvalue weighted by molar-refractivity contribution is 9.10. The summed E-state index contributed by atoms with van der Waals surface area (Å²) in [6.45, 7) is 0. The Morgan fingerprint density at radius 1 is 1.29 bits per heavy atom. The molecule has 0 aliphatic heterocycles. The average Bonchev–Trinajstić information content (AvgIpc) is 3.09. The maximum Gasteiger partial charge on any atom is 0.150 e.